The number of benzene rings is 2. The molecule has 0 saturated heterocycles. The van der Waals surface area contributed by atoms with Crippen LogP contribution in [0.15, 0.2) is 59.2 Å². The summed E-state index contributed by atoms with van der Waals surface area (Å²) in [7, 11) is 0. The van der Waals surface area contributed by atoms with Gasteiger partial charge in [0.05, 0.1) is 16.9 Å². The van der Waals surface area contributed by atoms with E-state index in [2.05, 4.69) is 26.1 Å². The first-order valence-corrected chi connectivity index (χ1v) is 7.15. The molecule has 0 aliphatic heterocycles. The second kappa shape index (κ2) is 5.59. The lowest BCUT2D eigenvalue weighted by atomic mass is 10.2. The predicted octanol–water partition coefficient (Wildman–Crippen LogP) is 2.96. The molecule has 0 radical (unpaired) electrons. The maximum absolute atomic E-state index is 6.12. The van der Waals surface area contributed by atoms with Gasteiger partial charge in [0.25, 0.3) is 0 Å². The van der Waals surface area contributed by atoms with E-state index in [4.69, 9.17) is 11.6 Å². The first-order valence-electron chi connectivity index (χ1n) is 6.35. The van der Waals surface area contributed by atoms with Gasteiger partial charge in [0.1, 0.15) is 5.69 Å². The Labute approximate surface area is 130 Å². The van der Waals surface area contributed by atoms with Crippen LogP contribution in [0, 0.1) is 0 Å². The third-order valence-electron chi connectivity index (χ3n) is 3.15. The highest BCUT2D eigenvalue weighted by Gasteiger charge is 2.08. The minimum Gasteiger partial charge on any atom is -0.396 e. The summed E-state index contributed by atoms with van der Waals surface area (Å²) in [4.78, 5) is 0. The normalized spacial score (nSPS) is 11.8. The van der Waals surface area contributed by atoms with Crippen molar-refractivity contribution in [1.29, 1.82) is 0 Å². The zero-order valence-corrected chi connectivity index (χ0v) is 12.7. The third-order valence-corrected chi connectivity index (χ3v) is 3.68. The van der Waals surface area contributed by atoms with Crippen molar-refractivity contribution in [3.8, 4) is 0 Å². The molecule has 21 heavy (non-hydrogen) atoms. The number of halogens is 1. The van der Waals surface area contributed by atoms with E-state index in [1.165, 1.54) is 5.01 Å². The van der Waals surface area contributed by atoms with Crippen molar-refractivity contribution < 1.29 is 0 Å². The highest BCUT2D eigenvalue weighted by atomic mass is 79.9. The smallest absolute Gasteiger partial charge is 0.117 e. The van der Waals surface area contributed by atoms with Gasteiger partial charge in [0.2, 0.25) is 0 Å². The standard InChI is InChI=1S/C15H14BrN5/c16-10-5-7-11(8-6-10)21(18)9-13(17)15-12-3-1-2-4-14(12)19-20-15/h1-9H,17-18H2,(H,19,20)/b13-9-. The number of fused-ring (bicyclic) bond motifs is 1. The van der Waals surface area contributed by atoms with Gasteiger partial charge in [-0.25, -0.2) is 5.84 Å². The highest BCUT2D eigenvalue weighted by molar-refractivity contribution is 9.10. The van der Waals surface area contributed by atoms with Crippen LogP contribution in [0.2, 0.25) is 0 Å². The summed E-state index contributed by atoms with van der Waals surface area (Å²) in [5, 5.41) is 9.65. The second-order valence-electron chi connectivity index (χ2n) is 4.59. The number of nitrogens with one attached hydrogen (secondary N) is 1. The Hall–Kier alpha value is -2.31. The van der Waals surface area contributed by atoms with Crippen molar-refractivity contribution in [2.75, 3.05) is 5.01 Å². The maximum atomic E-state index is 6.12. The lowest BCUT2D eigenvalue weighted by Crippen LogP contribution is -2.25. The quantitative estimate of drug-likeness (QED) is 0.504. The number of hydrogen-bond acceptors (Lipinski definition) is 4. The summed E-state index contributed by atoms with van der Waals surface area (Å²) in [6, 6.07) is 15.5. The van der Waals surface area contributed by atoms with Gasteiger partial charge in [-0.1, -0.05) is 34.1 Å². The number of hydrogen-bond donors (Lipinski definition) is 3. The number of aromatic amines is 1. The van der Waals surface area contributed by atoms with Gasteiger partial charge in [-0.2, -0.15) is 5.10 Å². The summed E-state index contributed by atoms with van der Waals surface area (Å²) >= 11 is 3.39. The van der Waals surface area contributed by atoms with Crippen LogP contribution in [0.4, 0.5) is 5.69 Å². The summed E-state index contributed by atoms with van der Waals surface area (Å²) in [5.41, 5.74) is 9.09. The van der Waals surface area contributed by atoms with Gasteiger partial charge in [-0.05, 0) is 30.3 Å². The first kappa shape index (κ1) is 13.7. The largest absolute Gasteiger partial charge is 0.396 e. The Morgan fingerprint density at radius 3 is 2.62 bits per heavy atom. The number of rotatable bonds is 3. The van der Waals surface area contributed by atoms with Crippen LogP contribution in [0.1, 0.15) is 5.69 Å². The van der Waals surface area contributed by atoms with Crippen molar-refractivity contribution in [1.82, 2.24) is 10.2 Å². The summed E-state index contributed by atoms with van der Waals surface area (Å²) < 4.78 is 0.995. The molecule has 2 aromatic carbocycles. The lowest BCUT2D eigenvalue weighted by Gasteiger charge is -2.14. The van der Waals surface area contributed by atoms with Crippen molar-refractivity contribution in [2.45, 2.75) is 0 Å². The van der Waals surface area contributed by atoms with E-state index in [0.717, 1.165) is 21.1 Å². The molecule has 106 valence electrons. The molecule has 3 aromatic rings. The fourth-order valence-electron chi connectivity index (χ4n) is 2.08. The van der Waals surface area contributed by atoms with Gasteiger partial charge in [0, 0.05) is 16.1 Å². The fraction of sp³-hybridized carbons (Fsp3) is 0. The molecule has 5 nitrogen and oxygen atoms in total. The molecule has 0 aliphatic rings. The van der Waals surface area contributed by atoms with E-state index in [0.29, 0.717) is 11.4 Å². The van der Waals surface area contributed by atoms with Crippen molar-refractivity contribution in [3.63, 3.8) is 0 Å². The van der Waals surface area contributed by atoms with E-state index >= 15 is 0 Å². The van der Waals surface area contributed by atoms with Gasteiger partial charge >= 0.3 is 0 Å². The van der Waals surface area contributed by atoms with Crippen LogP contribution < -0.4 is 16.6 Å². The minimum absolute atomic E-state index is 0.498. The zero-order valence-electron chi connectivity index (χ0n) is 11.1. The number of nitrogens with two attached hydrogens (primary N) is 2. The molecule has 0 bridgehead atoms. The summed E-state index contributed by atoms with van der Waals surface area (Å²) in [6.45, 7) is 0. The number of nitrogens with zero attached hydrogens (tertiary/aromatic N) is 2. The van der Waals surface area contributed by atoms with E-state index in [1.54, 1.807) is 6.20 Å². The SMILES string of the molecule is N/C(=C\N(N)c1ccc(Br)cc1)c1n[nH]c2ccccc12. The molecule has 0 atom stereocenters. The van der Waals surface area contributed by atoms with Gasteiger partial charge in [0.15, 0.2) is 0 Å². The molecule has 0 spiro atoms. The molecule has 3 rings (SSSR count). The first-order chi connectivity index (χ1) is 10.1. The van der Waals surface area contributed by atoms with Crippen LogP contribution >= 0.6 is 15.9 Å². The molecular weight excluding hydrogens is 330 g/mol. The summed E-state index contributed by atoms with van der Waals surface area (Å²) in [5.74, 6) is 6.02. The molecule has 5 N–H and O–H groups in total. The van der Waals surface area contributed by atoms with E-state index in [9.17, 15) is 0 Å². The number of aromatic nitrogens is 2. The molecule has 0 saturated carbocycles. The Morgan fingerprint density at radius 1 is 1.14 bits per heavy atom. The van der Waals surface area contributed by atoms with Crippen LogP contribution in [-0.2, 0) is 0 Å². The average molecular weight is 344 g/mol. The Kier molecular flexibility index (Phi) is 3.64. The van der Waals surface area contributed by atoms with Crippen LogP contribution in [0.5, 0.6) is 0 Å². The predicted molar refractivity (Wildman–Crippen MR) is 89.1 cm³/mol. The summed E-state index contributed by atoms with van der Waals surface area (Å²) in [6.07, 6.45) is 1.66. The molecule has 0 fully saturated rings. The number of H-pyrrole nitrogens is 1. The van der Waals surface area contributed by atoms with Gasteiger partial charge in [-0.15, -0.1) is 0 Å². The van der Waals surface area contributed by atoms with Crippen LogP contribution in [0.25, 0.3) is 16.6 Å². The molecule has 0 unspecified atom stereocenters. The number of anilines is 1. The molecule has 6 heteroatoms. The Bertz CT molecular complexity index is 791. The van der Waals surface area contributed by atoms with Crippen LogP contribution in [0.3, 0.4) is 0 Å². The van der Waals surface area contributed by atoms with E-state index < -0.39 is 0 Å². The molecule has 0 amide bonds. The third kappa shape index (κ3) is 2.76. The van der Waals surface area contributed by atoms with Crippen molar-refractivity contribution >= 4 is 38.2 Å². The average Bonchev–Trinajstić information content (AvgIpc) is 2.92. The molecule has 0 aliphatic carbocycles. The van der Waals surface area contributed by atoms with E-state index in [-0.39, 0.29) is 0 Å². The minimum atomic E-state index is 0.498. The van der Waals surface area contributed by atoms with E-state index in [1.807, 2.05) is 48.5 Å². The van der Waals surface area contributed by atoms with Crippen LogP contribution in [-0.4, -0.2) is 10.2 Å². The number of hydrazine groups is 1. The number of para-hydroxylation sites is 1. The van der Waals surface area contributed by atoms with Crippen molar-refractivity contribution in [2.24, 2.45) is 11.6 Å². The topological polar surface area (TPSA) is 84.0 Å². The Balaban J connectivity index is 1.93. The molecular formula is C15H14BrN5. The lowest BCUT2D eigenvalue weighted by molar-refractivity contribution is 1.06. The van der Waals surface area contributed by atoms with Gasteiger partial charge in [-0.3, -0.25) is 10.1 Å². The van der Waals surface area contributed by atoms with Crippen molar-refractivity contribution in [3.05, 3.63) is 64.9 Å². The Morgan fingerprint density at radius 2 is 1.86 bits per heavy atom. The molecule has 1 heterocycles. The second-order valence-corrected chi connectivity index (χ2v) is 5.50. The highest BCUT2D eigenvalue weighted by Crippen LogP contribution is 2.21. The molecule has 1 aromatic heterocycles. The van der Waals surface area contributed by atoms with Gasteiger partial charge < -0.3 is 5.73 Å². The monoisotopic (exact) mass is 343 g/mol. The fourth-order valence-corrected chi connectivity index (χ4v) is 2.35. The maximum Gasteiger partial charge on any atom is 0.117 e. The zero-order chi connectivity index (χ0) is 14.8.